The highest BCUT2D eigenvalue weighted by molar-refractivity contribution is 7.86. The highest BCUT2D eigenvalue weighted by Gasteiger charge is 2.40. The summed E-state index contributed by atoms with van der Waals surface area (Å²) in [7, 11) is -3.34. The minimum absolute atomic E-state index is 0.179. The second kappa shape index (κ2) is 6.42. The van der Waals surface area contributed by atoms with E-state index in [1.54, 1.807) is 21.0 Å². The Balaban J connectivity index is 1.79. The lowest BCUT2D eigenvalue weighted by atomic mass is 10.2. The van der Waals surface area contributed by atoms with Crippen LogP contribution in [0.25, 0.3) is 0 Å². The van der Waals surface area contributed by atoms with Gasteiger partial charge >= 0.3 is 0 Å². The summed E-state index contributed by atoms with van der Waals surface area (Å²) in [6.45, 7) is 1.77. The number of nitrogens with zero attached hydrogens (tertiary/aromatic N) is 3. The third-order valence-corrected chi connectivity index (χ3v) is 6.24. The van der Waals surface area contributed by atoms with E-state index in [-0.39, 0.29) is 6.04 Å². The van der Waals surface area contributed by atoms with Crippen molar-refractivity contribution in [1.82, 2.24) is 13.6 Å². The summed E-state index contributed by atoms with van der Waals surface area (Å²) < 4.78 is 29.3. The Hall–Kier alpha value is -0.980. The molecule has 1 saturated carbocycles. The van der Waals surface area contributed by atoms with Gasteiger partial charge in [-0.15, -0.1) is 0 Å². The van der Waals surface area contributed by atoms with Crippen LogP contribution in [0.3, 0.4) is 0 Å². The van der Waals surface area contributed by atoms with E-state index in [0.29, 0.717) is 19.6 Å². The first-order chi connectivity index (χ1) is 10.2. The second-order valence-electron chi connectivity index (χ2n) is 5.96. The van der Waals surface area contributed by atoms with Crippen LogP contribution in [0, 0.1) is 0 Å². The van der Waals surface area contributed by atoms with Crippen LogP contribution < -0.4 is 0 Å². The Kier molecular flexibility index (Phi) is 4.57. The van der Waals surface area contributed by atoms with Gasteiger partial charge in [0.15, 0.2) is 0 Å². The zero-order valence-electron chi connectivity index (χ0n) is 12.3. The number of hydrogen-bond donors (Lipinski definition) is 0. The van der Waals surface area contributed by atoms with Crippen molar-refractivity contribution in [3.05, 3.63) is 30.1 Å². The summed E-state index contributed by atoms with van der Waals surface area (Å²) >= 11 is 0. The zero-order valence-corrected chi connectivity index (χ0v) is 13.1. The van der Waals surface area contributed by atoms with Gasteiger partial charge in [0.1, 0.15) is 0 Å². The van der Waals surface area contributed by atoms with E-state index in [4.69, 9.17) is 0 Å². The van der Waals surface area contributed by atoms with Gasteiger partial charge in [0.2, 0.25) is 0 Å². The highest BCUT2D eigenvalue weighted by Crippen LogP contribution is 2.32. The molecule has 3 rings (SSSR count). The van der Waals surface area contributed by atoms with Crippen molar-refractivity contribution in [3.63, 3.8) is 0 Å². The molecule has 1 aromatic rings. The third-order valence-electron chi connectivity index (χ3n) is 4.20. The van der Waals surface area contributed by atoms with E-state index in [0.717, 1.165) is 44.1 Å². The van der Waals surface area contributed by atoms with Gasteiger partial charge in [-0.05, 0) is 37.3 Å². The van der Waals surface area contributed by atoms with E-state index in [1.165, 1.54) is 0 Å². The van der Waals surface area contributed by atoms with E-state index in [1.807, 2.05) is 12.1 Å². The van der Waals surface area contributed by atoms with Crippen molar-refractivity contribution in [2.45, 2.75) is 51.1 Å². The van der Waals surface area contributed by atoms with Crippen molar-refractivity contribution in [1.29, 1.82) is 0 Å². The second-order valence-corrected chi connectivity index (χ2v) is 7.84. The van der Waals surface area contributed by atoms with Crippen LogP contribution in [0.5, 0.6) is 0 Å². The van der Waals surface area contributed by atoms with Crippen molar-refractivity contribution in [2.75, 3.05) is 13.1 Å². The summed E-state index contributed by atoms with van der Waals surface area (Å²) in [5, 5.41) is 0. The molecule has 1 aromatic heterocycles. The van der Waals surface area contributed by atoms with Crippen LogP contribution in [0.4, 0.5) is 0 Å². The quantitative estimate of drug-likeness (QED) is 0.837. The molecule has 2 aliphatic rings. The van der Waals surface area contributed by atoms with Crippen molar-refractivity contribution >= 4 is 10.2 Å². The summed E-state index contributed by atoms with van der Waals surface area (Å²) in [6, 6.07) is 3.98. The van der Waals surface area contributed by atoms with E-state index in [9.17, 15) is 8.42 Å². The minimum Gasteiger partial charge on any atom is -0.264 e. The summed E-state index contributed by atoms with van der Waals surface area (Å²) in [4.78, 5) is 4.09. The van der Waals surface area contributed by atoms with Gasteiger partial charge < -0.3 is 0 Å². The Morgan fingerprint density at radius 3 is 2.48 bits per heavy atom. The van der Waals surface area contributed by atoms with Crippen LogP contribution in [-0.2, 0) is 16.8 Å². The fourth-order valence-corrected chi connectivity index (χ4v) is 4.77. The zero-order chi connectivity index (χ0) is 14.7. The first-order valence-corrected chi connectivity index (χ1v) is 9.23. The lowest BCUT2D eigenvalue weighted by Crippen LogP contribution is -2.45. The molecule has 2 heterocycles. The van der Waals surface area contributed by atoms with Gasteiger partial charge in [-0.2, -0.15) is 17.0 Å². The maximum absolute atomic E-state index is 13.0. The van der Waals surface area contributed by atoms with E-state index in [2.05, 4.69) is 4.98 Å². The molecule has 0 radical (unpaired) electrons. The average Bonchev–Trinajstić information content (AvgIpc) is 3.32. The number of pyridine rings is 1. The molecule has 0 aromatic carbocycles. The van der Waals surface area contributed by atoms with Crippen LogP contribution in [0.1, 0.15) is 44.1 Å². The fraction of sp³-hybridized carbons (Fsp3) is 0.667. The van der Waals surface area contributed by atoms with Crippen molar-refractivity contribution < 1.29 is 8.42 Å². The molecule has 5 nitrogen and oxygen atoms in total. The van der Waals surface area contributed by atoms with E-state index < -0.39 is 10.2 Å². The molecule has 0 bridgehead atoms. The summed E-state index contributed by atoms with van der Waals surface area (Å²) in [6.07, 6.45) is 9.66. The molecule has 116 valence electrons. The molecule has 0 unspecified atom stereocenters. The molecular weight excluding hydrogens is 286 g/mol. The van der Waals surface area contributed by atoms with Crippen LogP contribution in [0.15, 0.2) is 24.5 Å². The SMILES string of the molecule is O=S(=O)(N1CCCCCC1)N(Cc1cccnc1)C1CC1. The maximum Gasteiger partial charge on any atom is 0.282 e. The highest BCUT2D eigenvalue weighted by atomic mass is 32.2. The largest absolute Gasteiger partial charge is 0.282 e. The maximum atomic E-state index is 13.0. The predicted molar refractivity (Wildman–Crippen MR) is 81.8 cm³/mol. The van der Waals surface area contributed by atoms with Gasteiger partial charge in [0.05, 0.1) is 0 Å². The Bertz CT molecular complexity index is 550. The molecular formula is C15H23N3O2S. The van der Waals surface area contributed by atoms with Crippen LogP contribution >= 0.6 is 0 Å². The molecule has 1 aliphatic carbocycles. The standard InChI is InChI=1S/C15H23N3O2S/c19-21(20,17-10-3-1-2-4-11-17)18(15-7-8-15)13-14-6-5-9-16-12-14/h5-6,9,12,15H,1-4,7-8,10-11,13H2. The van der Waals surface area contributed by atoms with Crippen LogP contribution in [-0.4, -0.2) is 41.1 Å². The Morgan fingerprint density at radius 2 is 1.90 bits per heavy atom. The molecule has 0 atom stereocenters. The van der Waals surface area contributed by atoms with Gasteiger partial charge in [-0.25, -0.2) is 0 Å². The lowest BCUT2D eigenvalue weighted by Gasteiger charge is -2.29. The van der Waals surface area contributed by atoms with Gasteiger partial charge in [-0.3, -0.25) is 4.98 Å². The van der Waals surface area contributed by atoms with Crippen molar-refractivity contribution in [3.8, 4) is 0 Å². The molecule has 1 aliphatic heterocycles. The molecule has 2 fully saturated rings. The topological polar surface area (TPSA) is 53.5 Å². The summed E-state index contributed by atoms with van der Waals surface area (Å²) in [5.41, 5.74) is 0.961. The first-order valence-electron chi connectivity index (χ1n) is 7.84. The first kappa shape index (κ1) is 14.9. The van der Waals surface area contributed by atoms with Crippen molar-refractivity contribution in [2.24, 2.45) is 0 Å². The predicted octanol–water partition coefficient (Wildman–Crippen LogP) is 2.17. The lowest BCUT2D eigenvalue weighted by molar-refractivity contribution is 0.330. The normalized spacial score (nSPS) is 21.4. The summed E-state index contributed by atoms with van der Waals surface area (Å²) in [5.74, 6) is 0. The fourth-order valence-electron chi connectivity index (χ4n) is 2.85. The molecule has 0 N–H and O–H groups in total. The average molecular weight is 309 g/mol. The molecule has 21 heavy (non-hydrogen) atoms. The monoisotopic (exact) mass is 309 g/mol. The molecule has 0 amide bonds. The third kappa shape index (κ3) is 3.62. The van der Waals surface area contributed by atoms with Gasteiger partial charge in [0, 0.05) is 38.1 Å². The number of rotatable bonds is 5. The molecule has 0 spiro atoms. The number of hydrogen-bond acceptors (Lipinski definition) is 3. The van der Waals surface area contributed by atoms with Gasteiger partial charge in [-0.1, -0.05) is 18.9 Å². The smallest absolute Gasteiger partial charge is 0.264 e. The molecule has 1 saturated heterocycles. The van der Waals surface area contributed by atoms with Gasteiger partial charge in [0.25, 0.3) is 10.2 Å². The van der Waals surface area contributed by atoms with Crippen LogP contribution in [0.2, 0.25) is 0 Å². The molecule has 6 heteroatoms. The Morgan fingerprint density at radius 1 is 1.19 bits per heavy atom. The Labute approximate surface area is 127 Å². The number of aromatic nitrogens is 1. The minimum atomic E-state index is -3.34. The van der Waals surface area contributed by atoms with E-state index >= 15 is 0 Å².